The SMILES string of the molecule is CCn1cc(Sc2ccc(Cl)cn2)c(-c2ccc(Br)cc2)n1. The predicted molar refractivity (Wildman–Crippen MR) is 94.4 cm³/mol. The van der Waals surface area contributed by atoms with Crippen LogP contribution in [0, 0.1) is 0 Å². The van der Waals surface area contributed by atoms with Crippen LogP contribution in [0.2, 0.25) is 5.02 Å². The van der Waals surface area contributed by atoms with E-state index in [0.29, 0.717) is 5.02 Å². The molecule has 0 aliphatic carbocycles. The monoisotopic (exact) mass is 393 g/mol. The first kappa shape index (κ1) is 15.6. The zero-order chi connectivity index (χ0) is 15.5. The Labute approximate surface area is 146 Å². The topological polar surface area (TPSA) is 30.7 Å². The maximum absolute atomic E-state index is 5.89. The Balaban J connectivity index is 1.97. The Bertz CT molecular complexity index is 769. The summed E-state index contributed by atoms with van der Waals surface area (Å²) in [5.41, 5.74) is 2.06. The highest BCUT2D eigenvalue weighted by atomic mass is 79.9. The van der Waals surface area contributed by atoms with E-state index in [-0.39, 0.29) is 0 Å². The number of halogens is 2. The van der Waals surface area contributed by atoms with Gasteiger partial charge in [0.15, 0.2) is 0 Å². The zero-order valence-electron chi connectivity index (χ0n) is 11.8. The number of benzene rings is 1. The van der Waals surface area contributed by atoms with E-state index in [4.69, 9.17) is 11.6 Å². The van der Waals surface area contributed by atoms with Gasteiger partial charge in [-0.05, 0) is 31.2 Å². The summed E-state index contributed by atoms with van der Waals surface area (Å²) >= 11 is 10.9. The van der Waals surface area contributed by atoms with Crippen LogP contribution in [0.25, 0.3) is 11.3 Å². The minimum Gasteiger partial charge on any atom is -0.271 e. The average molecular weight is 395 g/mol. The van der Waals surface area contributed by atoms with Crippen molar-refractivity contribution in [3.05, 3.63) is 58.3 Å². The zero-order valence-corrected chi connectivity index (χ0v) is 15.0. The molecule has 0 amide bonds. The van der Waals surface area contributed by atoms with Crippen LogP contribution in [-0.2, 0) is 6.54 Å². The van der Waals surface area contributed by atoms with Gasteiger partial charge in [0, 0.05) is 29.0 Å². The van der Waals surface area contributed by atoms with E-state index in [9.17, 15) is 0 Å². The highest BCUT2D eigenvalue weighted by Gasteiger charge is 2.13. The van der Waals surface area contributed by atoms with Crippen molar-refractivity contribution >= 4 is 39.3 Å². The van der Waals surface area contributed by atoms with Crippen LogP contribution in [0.4, 0.5) is 0 Å². The molecule has 0 N–H and O–H groups in total. The van der Waals surface area contributed by atoms with Crippen LogP contribution in [0.5, 0.6) is 0 Å². The fraction of sp³-hybridized carbons (Fsp3) is 0.125. The van der Waals surface area contributed by atoms with Crippen molar-refractivity contribution < 1.29 is 0 Å². The van der Waals surface area contributed by atoms with Gasteiger partial charge in [0.05, 0.1) is 9.92 Å². The molecule has 3 nitrogen and oxygen atoms in total. The summed E-state index contributed by atoms with van der Waals surface area (Å²) in [5.74, 6) is 0. The first-order valence-corrected chi connectivity index (χ1v) is 8.77. The third-order valence-corrected chi connectivity index (χ3v) is 4.81. The lowest BCUT2D eigenvalue weighted by molar-refractivity contribution is 0.661. The van der Waals surface area contributed by atoms with Crippen molar-refractivity contribution in [2.75, 3.05) is 0 Å². The minimum atomic E-state index is 0.640. The van der Waals surface area contributed by atoms with Gasteiger partial charge in [-0.1, -0.05) is 51.4 Å². The molecule has 3 rings (SSSR count). The number of hydrogen-bond acceptors (Lipinski definition) is 3. The summed E-state index contributed by atoms with van der Waals surface area (Å²) in [7, 11) is 0. The Hall–Kier alpha value is -1.30. The molecule has 0 aliphatic heterocycles. The summed E-state index contributed by atoms with van der Waals surface area (Å²) in [6.45, 7) is 2.91. The van der Waals surface area contributed by atoms with Crippen LogP contribution >= 0.6 is 39.3 Å². The Morgan fingerprint density at radius 1 is 1.18 bits per heavy atom. The molecule has 22 heavy (non-hydrogen) atoms. The van der Waals surface area contributed by atoms with Crippen LogP contribution in [0.1, 0.15) is 6.92 Å². The molecule has 0 spiro atoms. The molecular weight excluding hydrogens is 382 g/mol. The summed E-state index contributed by atoms with van der Waals surface area (Å²) in [6.07, 6.45) is 3.71. The van der Waals surface area contributed by atoms with E-state index in [2.05, 4.69) is 51.3 Å². The fourth-order valence-electron chi connectivity index (χ4n) is 1.98. The Kier molecular flexibility index (Phi) is 4.86. The number of aromatic nitrogens is 3. The van der Waals surface area contributed by atoms with Crippen LogP contribution in [0.15, 0.2) is 63.2 Å². The molecule has 1 aromatic carbocycles. The van der Waals surface area contributed by atoms with Gasteiger partial charge < -0.3 is 0 Å². The maximum Gasteiger partial charge on any atom is 0.106 e. The molecule has 0 saturated heterocycles. The molecule has 2 heterocycles. The summed E-state index contributed by atoms with van der Waals surface area (Å²) in [6, 6.07) is 11.9. The van der Waals surface area contributed by atoms with E-state index in [1.165, 1.54) is 0 Å². The first-order chi connectivity index (χ1) is 10.7. The second-order valence-corrected chi connectivity index (χ2v) is 7.04. The summed E-state index contributed by atoms with van der Waals surface area (Å²) in [4.78, 5) is 5.43. The van der Waals surface area contributed by atoms with Gasteiger partial charge in [0.1, 0.15) is 10.7 Å². The standard InChI is InChI=1S/C16H13BrClN3S/c1-2-21-10-14(22-15-8-7-13(18)9-19-15)16(20-21)11-3-5-12(17)6-4-11/h3-10H,2H2,1H3. The molecule has 112 valence electrons. The number of aryl methyl sites for hydroxylation is 1. The highest BCUT2D eigenvalue weighted by molar-refractivity contribution is 9.10. The van der Waals surface area contributed by atoms with Crippen molar-refractivity contribution in [3.8, 4) is 11.3 Å². The molecule has 2 aromatic heterocycles. The smallest absolute Gasteiger partial charge is 0.106 e. The van der Waals surface area contributed by atoms with Gasteiger partial charge in [-0.3, -0.25) is 4.68 Å². The molecule has 0 unspecified atom stereocenters. The third-order valence-electron chi connectivity index (χ3n) is 3.08. The molecule has 0 aliphatic rings. The molecule has 0 atom stereocenters. The fourth-order valence-corrected chi connectivity index (χ4v) is 3.26. The van der Waals surface area contributed by atoms with Gasteiger partial charge in [0.2, 0.25) is 0 Å². The quantitative estimate of drug-likeness (QED) is 0.582. The van der Waals surface area contributed by atoms with Crippen molar-refractivity contribution in [1.82, 2.24) is 14.8 Å². The minimum absolute atomic E-state index is 0.640. The number of pyridine rings is 1. The van der Waals surface area contributed by atoms with E-state index in [0.717, 1.165) is 32.2 Å². The molecule has 0 radical (unpaired) electrons. The van der Waals surface area contributed by atoms with Gasteiger partial charge in [-0.25, -0.2) is 4.98 Å². The molecular formula is C16H13BrClN3S. The van der Waals surface area contributed by atoms with Crippen molar-refractivity contribution in [2.45, 2.75) is 23.4 Å². The lowest BCUT2D eigenvalue weighted by Gasteiger charge is -2.02. The number of hydrogen-bond donors (Lipinski definition) is 0. The van der Waals surface area contributed by atoms with Crippen molar-refractivity contribution in [3.63, 3.8) is 0 Å². The van der Waals surface area contributed by atoms with Gasteiger partial charge in [0.25, 0.3) is 0 Å². The van der Waals surface area contributed by atoms with Gasteiger partial charge in [-0.2, -0.15) is 5.10 Å². The van der Waals surface area contributed by atoms with Gasteiger partial charge in [-0.15, -0.1) is 0 Å². The van der Waals surface area contributed by atoms with E-state index in [1.807, 2.05) is 28.9 Å². The summed E-state index contributed by atoms with van der Waals surface area (Å²) < 4.78 is 3.00. The second-order valence-electron chi connectivity index (χ2n) is 4.62. The average Bonchev–Trinajstić information content (AvgIpc) is 2.93. The molecule has 0 fully saturated rings. The van der Waals surface area contributed by atoms with E-state index >= 15 is 0 Å². The van der Waals surface area contributed by atoms with Crippen LogP contribution in [-0.4, -0.2) is 14.8 Å². The molecule has 0 bridgehead atoms. The van der Waals surface area contributed by atoms with E-state index in [1.54, 1.807) is 18.0 Å². The number of nitrogens with zero attached hydrogens (tertiary/aromatic N) is 3. The third kappa shape index (κ3) is 3.54. The predicted octanol–water partition coefficient (Wildman–Crippen LogP) is 5.53. The highest BCUT2D eigenvalue weighted by Crippen LogP contribution is 2.35. The lowest BCUT2D eigenvalue weighted by Crippen LogP contribution is -1.93. The van der Waals surface area contributed by atoms with Crippen LogP contribution in [0.3, 0.4) is 0 Å². The number of rotatable bonds is 4. The van der Waals surface area contributed by atoms with E-state index < -0.39 is 0 Å². The van der Waals surface area contributed by atoms with Crippen molar-refractivity contribution in [1.29, 1.82) is 0 Å². The largest absolute Gasteiger partial charge is 0.271 e. The first-order valence-electron chi connectivity index (χ1n) is 6.78. The van der Waals surface area contributed by atoms with Gasteiger partial charge >= 0.3 is 0 Å². The van der Waals surface area contributed by atoms with Crippen LogP contribution < -0.4 is 0 Å². The second kappa shape index (κ2) is 6.86. The molecule has 0 saturated carbocycles. The molecule has 6 heteroatoms. The normalized spacial score (nSPS) is 10.9. The maximum atomic E-state index is 5.89. The summed E-state index contributed by atoms with van der Waals surface area (Å²) in [5, 5.41) is 6.21. The Morgan fingerprint density at radius 2 is 1.95 bits per heavy atom. The Morgan fingerprint density at radius 3 is 2.59 bits per heavy atom. The van der Waals surface area contributed by atoms with Crippen molar-refractivity contribution in [2.24, 2.45) is 0 Å². The molecule has 3 aromatic rings. The lowest BCUT2D eigenvalue weighted by atomic mass is 10.2.